The summed E-state index contributed by atoms with van der Waals surface area (Å²) in [5.41, 5.74) is 0.608. The molecular formula is C12H11BrN2O3S. The van der Waals surface area contributed by atoms with E-state index < -0.39 is 12.1 Å². The molecule has 1 atom stereocenters. The molecule has 0 saturated carbocycles. The van der Waals surface area contributed by atoms with E-state index in [2.05, 4.69) is 31.0 Å². The number of carbonyl (C=O) groups excluding carboxylic acids is 2. The Morgan fingerprint density at radius 1 is 1.42 bits per heavy atom. The van der Waals surface area contributed by atoms with Crippen LogP contribution in [0.4, 0.5) is 4.79 Å². The number of nitrogens with one attached hydrogen (secondary N) is 1. The van der Waals surface area contributed by atoms with Crippen LogP contribution < -0.4 is 5.32 Å². The van der Waals surface area contributed by atoms with Crippen LogP contribution in [0.5, 0.6) is 0 Å². The standard InChI is InChI=1S/C12H11BrN2O3S/c1-18-12(17)15-11-14-9(6-19-11)10(16)7-2-4-8(13)5-3-7/h2-5,9H,6H2,1H3,(H,14,15,17). The smallest absolute Gasteiger partial charge is 0.412 e. The van der Waals surface area contributed by atoms with Crippen LogP contribution in [0.3, 0.4) is 0 Å². The number of amides is 1. The molecule has 1 aromatic carbocycles. The number of amidine groups is 1. The molecule has 0 aromatic heterocycles. The molecule has 1 aliphatic heterocycles. The quantitative estimate of drug-likeness (QED) is 0.838. The largest absolute Gasteiger partial charge is 0.453 e. The van der Waals surface area contributed by atoms with Gasteiger partial charge in [0, 0.05) is 15.8 Å². The first-order valence-corrected chi connectivity index (χ1v) is 7.23. The average Bonchev–Trinajstić information content (AvgIpc) is 2.87. The zero-order chi connectivity index (χ0) is 13.8. The van der Waals surface area contributed by atoms with E-state index in [9.17, 15) is 9.59 Å². The van der Waals surface area contributed by atoms with Crippen LogP contribution in [0.2, 0.25) is 0 Å². The highest BCUT2D eigenvalue weighted by Crippen LogP contribution is 2.21. The van der Waals surface area contributed by atoms with Crippen molar-refractivity contribution in [2.45, 2.75) is 6.04 Å². The zero-order valence-corrected chi connectivity index (χ0v) is 12.5. The number of benzene rings is 1. The number of ketones is 1. The lowest BCUT2D eigenvalue weighted by molar-refractivity contribution is 0.0971. The molecule has 19 heavy (non-hydrogen) atoms. The molecule has 0 fully saturated rings. The molecule has 1 unspecified atom stereocenters. The van der Waals surface area contributed by atoms with Gasteiger partial charge in [-0.15, -0.1) is 0 Å². The Bertz CT molecular complexity index is 530. The Labute approximate surface area is 122 Å². The van der Waals surface area contributed by atoms with Gasteiger partial charge in [-0.25, -0.2) is 9.79 Å². The lowest BCUT2D eigenvalue weighted by Crippen LogP contribution is -2.27. The minimum absolute atomic E-state index is 0.0540. The Hall–Kier alpha value is -1.34. The number of nitrogens with zero attached hydrogens (tertiary/aromatic N) is 1. The van der Waals surface area contributed by atoms with Gasteiger partial charge in [-0.1, -0.05) is 39.8 Å². The van der Waals surface area contributed by atoms with Crippen molar-refractivity contribution in [3.8, 4) is 0 Å². The molecule has 5 nitrogen and oxygen atoms in total. The lowest BCUT2D eigenvalue weighted by atomic mass is 10.1. The molecule has 0 radical (unpaired) electrons. The summed E-state index contributed by atoms with van der Waals surface area (Å²) in [6.45, 7) is 0. The van der Waals surface area contributed by atoms with Gasteiger partial charge in [-0.3, -0.25) is 10.1 Å². The average molecular weight is 343 g/mol. The van der Waals surface area contributed by atoms with E-state index in [1.54, 1.807) is 12.1 Å². The van der Waals surface area contributed by atoms with E-state index in [4.69, 9.17) is 0 Å². The van der Waals surface area contributed by atoms with E-state index in [0.717, 1.165) is 4.47 Å². The predicted octanol–water partition coefficient (Wildman–Crippen LogP) is 2.46. The molecule has 2 rings (SSSR count). The van der Waals surface area contributed by atoms with E-state index in [-0.39, 0.29) is 5.78 Å². The number of alkyl carbamates (subject to hydrolysis) is 1. The lowest BCUT2D eigenvalue weighted by Gasteiger charge is -2.04. The van der Waals surface area contributed by atoms with E-state index >= 15 is 0 Å². The Kier molecular flexibility index (Phi) is 4.60. The van der Waals surface area contributed by atoms with Crippen LogP contribution in [0.25, 0.3) is 0 Å². The minimum atomic E-state index is -0.581. The van der Waals surface area contributed by atoms with Gasteiger partial charge in [0.05, 0.1) is 7.11 Å². The number of thioether (sulfide) groups is 1. The number of ether oxygens (including phenoxy) is 1. The van der Waals surface area contributed by atoms with E-state index in [1.807, 2.05) is 12.1 Å². The van der Waals surface area contributed by atoms with Crippen LogP contribution in [-0.4, -0.2) is 35.9 Å². The molecular weight excluding hydrogens is 332 g/mol. The molecule has 0 saturated heterocycles. The Morgan fingerprint density at radius 3 is 2.74 bits per heavy atom. The molecule has 0 aliphatic carbocycles. The normalized spacial score (nSPS) is 17.8. The van der Waals surface area contributed by atoms with Crippen LogP contribution >= 0.6 is 27.7 Å². The van der Waals surface area contributed by atoms with Crippen molar-refractivity contribution in [1.82, 2.24) is 5.32 Å². The number of hydrogen-bond acceptors (Lipinski definition) is 5. The topological polar surface area (TPSA) is 67.8 Å². The van der Waals surface area contributed by atoms with Crippen LogP contribution in [0.15, 0.2) is 33.7 Å². The zero-order valence-electron chi connectivity index (χ0n) is 10.1. The number of Topliss-reactive ketones (excluding diaryl/α,β-unsaturated/α-hetero) is 1. The SMILES string of the molecule is COC(=O)NC1=NC(C(=O)c2ccc(Br)cc2)CS1. The van der Waals surface area contributed by atoms with Gasteiger partial charge in [0.1, 0.15) is 6.04 Å². The predicted molar refractivity (Wildman–Crippen MR) is 77.7 cm³/mol. The summed E-state index contributed by atoms with van der Waals surface area (Å²) in [6.07, 6.45) is -0.581. The third-order valence-corrected chi connectivity index (χ3v) is 3.97. The van der Waals surface area contributed by atoms with Crippen molar-refractivity contribution in [2.24, 2.45) is 4.99 Å². The molecule has 7 heteroatoms. The second-order valence-electron chi connectivity index (χ2n) is 3.75. The van der Waals surface area contributed by atoms with E-state index in [1.165, 1.54) is 18.9 Å². The Morgan fingerprint density at radius 2 is 2.11 bits per heavy atom. The third kappa shape index (κ3) is 3.57. The van der Waals surface area contributed by atoms with Gasteiger partial charge in [0.15, 0.2) is 11.0 Å². The summed E-state index contributed by atoms with van der Waals surface area (Å²) in [6, 6.07) is 6.66. The molecule has 100 valence electrons. The minimum Gasteiger partial charge on any atom is -0.453 e. The number of carbonyl (C=O) groups is 2. The van der Waals surface area contributed by atoms with Gasteiger partial charge >= 0.3 is 6.09 Å². The maximum absolute atomic E-state index is 12.2. The van der Waals surface area contributed by atoms with Crippen molar-refractivity contribution in [1.29, 1.82) is 0 Å². The van der Waals surface area contributed by atoms with Crippen LogP contribution in [-0.2, 0) is 4.74 Å². The molecule has 1 N–H and O–H groups in total. The number of methoxy groups -OCH3 is 1. The summed E-state index contributed by atoms with van der Waals surface area (Å²) in [7, 11) is 1.28. The first-order valence-electron chi connectivity index (χ1n) is 5.45. The van der Waals surface area contributed by atoms with Crippen molar-refractivity contribution < 1.29 is 14.3 Å². The summed E-state index contributed by atoms with van der Waals surface area (Å²) in [5, 5.41) is 2.88. The van der Waals surface area contributed by atoms with Crippen molar-refractivity contribution >= 4 is 44.7 Å². The molecule has 1 amide bonds. The first kappa shape index (κ1) is 14.1. The third-order valence-electron chi connectivity index (χ3n) is 2.48. The highest BCUT2D eigenvalue weighted by Gasteiger charge is 2.26. The monoisotopic (exact) mass is 342 g/mol. The second-order valence-corrected chi connectivity index (χ2v) is 5.67. The van der Waals surface area contributed by atoms with E-state index in [0.29, 0.717) is 16.5 Å². The summed E-state index contributed by atoms with van der Waals surface area (Å²) < 4.78 is 5.39. The van der Waals surface area contributed by atoms with Crippen LogP contribution in [0.1, 0.15) is 10.4 Å². The maximum Gasteiger partial charge on any atom is 0.412 e. The highest BCUT2D eigenvalue weighted by molar-refractivity contribution is 9.10. The molecule has 1 aromatic rings. The fourth-order valence-electron chi connectivity index (χ4n) is 1.52. The fraction of sp³-hybridized carbons (Fsp3) is 0.250. The number of aliphatic imine (C=N–C) groups is 1. The number of halogens is 1. The van der Waals surface area contributed by atoms with Crippen molar-refractivity contribution in [3.63, 3.8) is 0 Å². The molecule has 0 bridgehead atoms. The molecule has 1 heterocycles. The van der Waals surface area contributed by atoms with Crippen LogP contribution in [0, 0.1) is 0 Å². The van der Waals surface area contributed by atoms with Gasteiger partial charge in [-0.2, -0.15) is 0 Å². The van der Waals surface area contributed by atoms with Crippen molar-refractivity contribution in [2.75, 3.05) is 12.9 Å². The summed E-state index contributed by atoms with van der Waals surface area (Å²) >= 11 is 4.65. The molecule has 1 aliphatic rings. The van der Waals surface area contributed by atoms with Gasteiger partial charge in [-0.05, 0) is 12.1 Å². The number of rotatable bonds is 2. The van der Waals surface area contributed by atoms with Crippen molar-refractivity contribution in [3.05, 3.63) is 34.3 Å². The van der Waals surface area contributed by atoms with Gasteiger partial charge in [0.2, 0.25) is 0 Å². The van der Waals surface area contributed by atoms with Gasteiger partial charge in [0.25, 0.3) is 0 Å². The van der Waals surface area contributed by atoms with Gasteiger partial charge < -0.3 is 4.74 Å². The number of hydrogen-bond donors (Lipinski definition) is 1. The Balaban J connectivity index is 2.05. The maximum atomic E-state index is 12.2. The fourth-order valence-corrected chi connectivity index (χ4v) is 2.68. The summed E-state index contributed by atoms with van der Waals surface area (Å²) in [4.78, 5) is 27.4. The second kappa shape index (κ2) is 6.21. The summed E-state index contributed by atoms with van der Waals surface area (Å²) in [5.74, 6) is 0.468. The molecule has 0 spiro atoms. The highest BCUT2D eigenvalue weighted by atomic mass is 79.9. The first-order chi connectivity index (χ1) is 9.10.